The monoisotopic (exact) mass is 219 g/mol. The Balaban J connectivity index is 2.12. The van der Waals surface area contributed by atoms with Crippen molar-refractivity contribution in [2.75, 3.05) is 5.43 Å². The Bertz CT molecular complexity index is 514. The molecule has 0 aliphatic rings. The minimum atomic E-state index is -0.368. The van der Waals surface area contributed by atoms with Crippen molar-refractivity contribution in [2.45, 2.75) is 6.92 Å². The van der Waals surface area contributed by atoms with Gasteiger partial charge >= 0.3 is 0 Å². The fourth-order valence-electron chi connectivity index (χ4n) is 1.16. The summed E-state index contributed by atoms with van der Waals surface area (Å²) in [7, 11) is 0. The van der Waals surface area contributed by atoms with E-state index in [9.17, 15) is 9.59 Å². The number of carbonyl (C=O) groups excluding carboxylic acids is 2. The van der Waals surface area contributed by atoms with E-state index in [4.69, 9.17) is 0 Å². The summed E-state index contributed by atoms with van der Waals surface area (Å²) in [6, 6.07) is 1.49. The van der Waals surface area contributed by atoms with Crippen LogP contribution in [0.1, 0.15) is 27.8 Å². The van der Waals surface area contributed by atoms with Gasteiger partial charge in [-0.15, -0.1) is 10.2 Å². The van der Waals surface area contributed by atoms with E-state index in [-0.39, 0.29) is 11.7 Å². The van der Waals surface area contributed by atoms with Crippen LogP contribution in [0.4, 0.5) is 0 Å². The molecule has 0 aromatic carbocycles. The second kappa shape index (κ2) is 3.97. The first-order valence-electron chi connectivity index (χ1n) is 4.52. The number of nitrogens with zero attached hydrogens (tertiary/aromatic N) is 3. The van der Waals surface area contributed by atoms with E-state index in [1.165, 1.54) is 36.5 Å². The molecule has 2 N–H and O–H groups in total. The average molecular weight is 219 g/mol. The topological polar surface area (TPSA) is 92.7 Å². The van der Waals surface area contributed by atoms with Gasteiger partial charge in [0.2, 0.25) is 0 Å². The summed E-state index contributed by atoms with van der Waals surface area (Å²) in [5.74, 6) is -0.466. The first-order chi connectivity index (χ1) is 7.66. The zero-order chi connectivity index (χ0) is 11.5. The van der Waals surface area contributed by atoms with Gasteiger partial charge in [0, 0.05) is 11.8 Å². The molecule has 0 fully saturated rings. The van der Waals surface area contributed by atoms with Gasteiger partial charge in [-0.2, -0.15) is 0 Å². The first kappa shape index (κ1) is 10.1. The number of carbonyl (C=O) groups is 2. The van der Waals surface area contributed by atoms with Gasteiger partial charge in [0.25, 0.3) is 5.91 Å². The van der Waals surface area contributed by atoms with Crippen LogP contribution in [0, 0.1) is 0 Å². The van der Waals surface area contributed by atoms with Gasteiger partial charge < -0.3 is 4.98 Å². The van der Waals surface area contributed by atoms with Crippen LogP contribution in [0.3, 0.4) is 0 Å². The van der Waals surface area contributed by atoms with E-state index in [0.29, 0.717) is 11.3 Å². The minimum Gasteiger partial charge on any atom is -0.356 e. The van der Waals surface area contributed by atoms with Crippen molar-refractivity contribution in [2.24, 2.45) is 0 Å². The second-order valence-electron chi connectivity index (χ2n) is 3.17. The van der Waals surface area contributed by atoms with Crippen molar-refractivity contribution in [1.29, 1.82) is 0 Å². The molecule has 2 aromatic rings. The van der Waals surface area contributed by atoms with E-state index >= 15 is 0 Å². The summed E-state index contributed by atoms with van der Waals surface area (Å²) in [5.41, 5.74) is 3.27. The highest BCUT2D eigenvalue weighted by molar-refractivity contribution is 6.02. The van der Waals surface area contributed by atoms with Gasteiger partial charge in [-0.1, -0.05) is 0 Å². The second-order valence-corrected chi connectivity index (χ2v) is 3.17. The lowest BCUT2D eigenvalue weighted by atomic mass is 10.2. The molecule has 0 saturated carbocycles. The van der Waals surface area contributed by atoms with Crippen molar-refractivity contribution in [1.82, 2.24) is 19.9 Å². The number of amides is 1. The minimum absolute atomic E-state index is 0.0976. The van der Waals surface area contributed by atoms with Crippen LogP contribution in [-0.2, 0) is 0 Å². The lowest BCUT2D eigenvalue weighted by Crippen LogP contribution is -2.21. The fourth-order valence-corrected chi connectivity index (χ4v) is 1.16. The smallest absolute Gasteiger partial charge is 0.286 e. The highest BCUT2D eigenvalue weighted by Gasteiger charge is 2.10. The standard InChI is InChI=1S/C9H9N5O2/c1-6(15)7-2-8(10-3-7)9(16)13-14-4-11-12-5-14/h2-5,10H,1H3,(H,13,16). The normalized spacial score (nSPS) is 10.1. The highest BCUT2D eigenvalue weighted by Crippen LogP contribution is 2.04. The van der Waals surface area contributed by atoms with Gasteiger partial charge in [-0.3, -0.25) is 15.0 Å². The molecular weight excluding hydrogens is 210 g/mol. The van der Waals surface area contributed by atoms with E-state index in [2.05, 4.69) is 20.6 Å². The molecule has 7 heteroatoms. The number of H-pyrrole nitrogens is 1. The Morgan fingerprint density at radius 2 is 2.06 bits per heavy atom. The largest absolute Gasteiger partial charge is 0.356 e. The van der Waals surface area contributed by atoms with Crippen molar-refractivity contribution in [3.8, 4) is 0 Å². The number of ketones is 1. The summed E-state index contributed by atoms with van der Waals surface area (Å²) < 4.78 is 1.32. The molecule has 0 bridgehead atoms. The summed E-state index contributed by atoms with van der Waals surface area (Å²) in [4.78, 5) is 25.4. The lowest BCUT2D eigenvalue weighted by Gasteiger charge is -2.01. The average Bonchev–Trinajstić information content (AvgIpc) is 2.86. The van der Waals surface area contributed by atoms with E-state index in [1.54, 1.807) is 0 Å². The van der Waals surface area contributed by atoms with Crippen LogP contribution in [0.15, 0.2) is 24.9 Å². The van der Waals surface area contributed by atoms with Gasteiger partial charge in [0.05, 0.1) is 0 Å². The number of Topliss-reactive ketones (excluding diaryl/α,β-unsaturated/α-hetero) is 1. The van der Waals surface area contributed by atoms with Gasteiger partial charge in [0.15, 0.2) is 5.78 Å². The maximum absolute atomic E-state index is 11.6. The predicted molar refractivity (Wildman–Crippen MR) is 54.5 cm³/mol. The third kappa shape index (κ3) is 1.97. The Kier molecular flexibility index (Phi) is 2.50. The zero-order valence-electron chi connectivity index (χ0n) is 8.47. The summed E-state index contributed by atoms with van der Waals surface area (Å²) in [6.07, 6.45) is 4.20. The van der Waals surface area contributed by atoms with Crippen molar-refractivity contribution < 1.29 is 9.59 Å². The van der Waals surface area contributed by atoms with Crippen LogP contribution in [-0.4, -0.2) is 31.5 Å². The number of aromatic amines is 1. The summed E-state index contributed by atoms with van der Waals surface area (Å²) in [6.45, 7) is 1.44. The lowest BCUT2D eigenvalue weighted by molar-refractivity contribution is 0.100. The van der Waals surface area contributed by atoms with Crippen molar-refractivity contribution in [3.63, 3.8) is 0 Å². The van der Waals surface area contributed by atoms with Gasteiger partial charge in [-0.05, 0) is 13.0 Å². The van der Waals surface area contributed by atoms with Crippen LogP contribution in [0.2, 0.25) is 0 Å². The molecule has 2 rings (SSSR count). The molecule has 2 aromatic heterocycles. The molecule has 0 radical (unpaired) electrons. The number of aromatic nitrogens is 4. The Labute approximate surface area is 90.5 Å². The molecule has 0 atom stereocenters. The first-order valence-corrected chi connectivity index (χ1v) is 4.52. The molecule has 0 spiro atoms. The quantitative estimate of drug-likeness (QED) is 0.721. The molecule has 82 valence electrons. The third-order valence-corrected chi connectivity index (χ3v) is 1.98. The highest BCUT2D eigenvalue weighted by atomic mass is 16.2. The summed E-state index contributed by atoms with van der Waals surface area (Å²) >= 11 is 0. The predicted octanol–water partition coefficient (Wildman–Crippen LogP) is 0.193. The number of hydrogen-bond acceptors (Lipinski definition) is 4. The molecule has 0 aliphatic heterocycles. The maximum Gasteiger partial charge on any atom is 0.286 e. The number of hydrogen-bond donors (Lipinski definition) is 2. The van der Waals surface area contributed by atoms with Crippen LogP contribution < -0.4 is 5.43 Å². The Morgan fingerprint density at radius 3 is 2.62 bits per heavy atom. The van der Waals surface area contributed by atoms with E-state index in [1.807, 2.05) is 0 Å². The van der Waals surface area contributed by atoms with E-state index in [0.717, 1.165) is 0 Å². The summed E-state index contributed by atoms with van der Waals surface area (Å²) in [5, 5.41) is 7.07. The molecule has 1 amide bonds. The Morgan fingerprint density at radius 1 is 1.38 bits per heavy atom. The van der Waals surface area contributed by atoms with Crippen LogP contribution in [0.25, 0.3) is 0 Å². The van der Waals surface area contributed by atoms with Gasteiger partial charge in [-0.25, -0.2) is 4.68 Å². The van der Waals surface area contributed by atoms with Crippen molar-refractivity contribution in [3.05, 3.63) is 36.2 Å². The zero-order valence-corrected chi connectivity index (χ0v) is 8.47. The molecule has 0 unspecified atom stereocenters. The maximum atomic E-state index is 11.6. The number of rotatable bonds is 3. The van der Waals surface area contributed by atoms with Crippen molar-refractivity contribution >= 4 is 11.7 Å². The Hall–Kier alpha value is -2.44. The van der Waals surface area contributed by atoms with Crippen LogP contribution in [0.5, 0.6) is 0 Å². The SMILES string of the molecule is CC(=O)c1c[nH]c(C(=O)Nn2cnnc2)c1. The third-order valence-electron chi connectivity index (χ3n) is 1.98. The van der Waals surface area contributed by atoms with Gasteiger partial charge in [0.1, 0.15) is 18.3 Å². The fraction of sp³-hybridized carbons (Fsp3) is 0.111. The molecule has 2 heterocycles. The molecule has 7 nitrogen and oxygen atoms in total. The van der Waals surface area contributed by atoms with Crippen LogP contribution >= 0.6 is 0 Å². The molecule has 0 aliphatic carbocycles. The number of nitrogens with one attached hydrogen (secondary N) is 2. The molecule has 16 heavy (non-hydrogen) atoms. The molecular formula is C9H9N5O2. The van der Waals surface area contributed by atoms with E-state index < -0.39 is 0 Å². The molecule has 0 saturated heterocycles.